The SMILES string of the molecule is CC(Sc1cccc(NC(=O)C2CC2)c1)C(=O)Nc1nc(-c2ccccc2Cl)cs1. The zero-order valence-electron chi connectivity index (χ0n) is 16.2. The Balaban J connectivity index is 1.36. The molecule has 2 aromatic carbocycles. The number of hydrogen-bond acceptors (Lipinski definition) is 5. The van der Waals surface area contributed by atoms with Crippen molar-refractivity contribution < 1.29 is 9.59 Å². The van der Waals surface area contributed by atoms with E-state index in [1.807, 2.05) is 60.8 Å². The first-order valence-electron chi connectivity index (χ1n) is 9.58. The number of amides is 2. The summed E-state index contributed by atoms with van der Waals surface area (Å²) in [6.07, 6.45) is 1.93. The first-order chi connectivity index (χ1) is 14.5. The van der Waals surface area contributed by atoms with E-state index in [1.54, 1.807) is 0 Å². The Morgan fingerprint density at radius 1 is 1.17 bits per heavy atom. The topological polar surface area (TPSA) is 71.1 Å². The van der Waals surface area contributed by atoms with Gasteiger partial charge in [-0.2, -0.15) is 0 Å². The van der Waals surface area contributed by atoms with E-state index >= 15 is 0 Å². The molecule has 1 aliphatic rings. The molecule has 0 aliphatic heterocycles. The van der Waals surface area contributed by atoms with Gasteiger partial charge in [0, 0.05) is 32.5 Å². The molecule has 2 N–H and O–H groups in total. The van der Waals surface area contributed by atoms with Crippen LogP contribution in [0.15, 0.2) is 58.8 Å². The fraction of sp³-hybridized carbons (Fsp3) is 0.227. The number of thiazole rings is 1. The number of halogens is 1. The molecule has 1 heterocycles. The Labute approximate surface area is 188 Å². The summed E-state index contributed by atoms with van der Waals surface area (Å²) < 4.78 is 0. The largest absolute Gasteiger partial charge is 0.326 e. The fourth-order valence-electron chi connectivity index (χ4n) is 2.83. The standard InChI is InChI=1S/C22H20ClN3O2S2/c1-13(30-16-6-4-5-15(11-16)24-21(28)14-9-10-14)20(27)26-22-25-19(12-29-22)17-7-2-3-8-18(17)23/h2-8,11-14H,9-10H2,1H3,(H,24,28)(H,25,26,27). The van der Waals surface area contributed by atoms with E-state index in [9.17, 15) is 9.59 Å². The lowest BCUT2D eigenvalue weighted by molar-refractivity contribution is -0.117. The van der Waals surface area contributed by atoms with Crippen LogP contribution in [0.2, 0.25) is 5.02 Å². The van der Waals surface area contributed by atoms with Crippen LogP contribution in [0.3, 0.4) is 0 Å². The molecule has 5 nitrogen and oxygen atoms in total. The monoisotopic (exact) mass is 457 g/mol. The van der Waals surface area contributed by atoms with Crippen LogP contribution in [0.1, 0.15) is 19.8 Å². The van der Waals surface area contributed by atoms with Gasteiger partial charge in [-0.3, -0.25) is 9.59 Å². The highest BCUT2D eigenvalue weighted by molar-refractivity contribution is 8.00. The number of anilines is 2. The molecule has 30 heavy (non-hydrogen) atoms. The van der Waals surface area contributed by atoms with Gasteiger partial charge in [-0.15, -0.1) is 23.1 Å². The van der Waals surface area contributed by atoms with Gasteiger partial charge in [-0.05, 0) is 44.0 Å². The van der Waals surface area contributed by atoms with Crippen LogP contribution in [0.5, 0.6) is 0 Å². The molecule has 8 heteroatoms. The number of carbonyl (C=O) groups excluding carboxylic acids is 2. The van der Waals surface area contributed by atoms with Gasteiger partial charge in [-0.1, -0.05) is 35.9 Å². The van der Waals surface area contributed by atoms with E-state index in [0.717, 1.165) is 34.7 Å². The molecule has 1 saturated carbocycles. The van der Waals surface area contributed by atoms with Crippen LogP contribution in [0, 0.1) is 5.92 Å². The van der Waals surface area contributed by atoms with E-state index in [-0.39, 0.29) is 23.0 Å². The van der Waals surface area contributed by atoms with Crippen molar-refractivity contribution >= 4 is 57.3 Å². The Morgan fingerprint density at radius 2 is 1.97 bits per heavy atom. The second kappa shape index (κ2) is 9.20. The minimum absolute atomic E-state index is 0.0704. The van der Waals surface area contributed by atoms with E-state index in [0.29, 0.717) is 10.2 Å². The lowest BCUT2D eigenvalue weighted by Crippen LogP contribution is -2.22. The van der Waals surface area contributed by atoms with Crippen molar-refractivity contribution in [3.8, 4) is 11.3 Å². The lowest BCUT2D eigenvalue weighted by atomic mass is 10.2. The van der Waals surface area contributed by atoms with Gasteiger partial charge in [-0.25, -0.2) is 4.98 Å². The first kappa shape index (κ1) is 20.9. The van der Waals surface area contributed by atoms with Crippen molar-refractivity contribution in [2.24, 2.45) is 5.92 Å². The number of carbonyl (C=O) groups is 2. The van der Waals surface area contributed by atoms with Gasteiger partial charge in [0.15, 0.2) is 5.13 Å². The summed E-state index contributed by atoms with van der Waals surface area (Å²) in [5.74, 6) is 0.0912. The van der Waals surface area contributed by atoms with Gasteiger partial charge in [0.05, 0.1) is 10.9 Å². The smallest absolute Gasteiger partial charge is 0.239 e. The second-order valence-electron chi connectivity index (χ2n) is 7.06. The minimum Gasteiger partial charge on any atom is -0.326 e. The molecule has 1 fully saturated rings. The molecule has 0 saturated heterocycles. The van der Waals surface area contributed by atoms with Crippen molar-refractivity contribution in [3.63, 3.8) is 0 Å². The normalized spacial score (nSPS) is 14.2. The molecule has 3 aromatic rings. The van der Waals surface area contributed by atoms with Crippen molar-refractivity contribution in [2.75, 3.05) is 10.6 Å². The highest BCUT2D eigenvalue weighted by Gasteiger charge is 2.29. The van der Waals surface area contributed by atoms with Gasteiger partial charge in [0.2, 0.25) is 11.8 Å². The van der Waals surface area contributed by atoms with Gasteiger partial charge in [0.25, 0.3) is 0 Å². The third kappa shape index (κ3) is 5.22. The number of rotatable bonds is 7. The maximum absolute atomic E-state index is 12.6. The molecule has 1 aromatic heterocycles. The van der Waals surface area contributed by atoms with Crippen molar-refractivity contribution in [3.05, 3.63) is 58.9 Å². The van der Waals surface area contributed by atoms with E-state index in [1.165, 1.54) is 23.1 Å². The molecule has 0 spiro atoms. The van der Waals surface area contributed by atoms with Crippen LogP contribution in [-0.2, 0) is 9.59 Å². The number of benzene rings is 2. The highest BCUT2D eigenvalue weighted by Crippen LogP contribution is 2.33. The summed E-state index contributed by atoms with van der Waals surface area (Å²) in [6, 6.07) is 15.1. The summed E-state index contributed by atoms with van der Waals surface area (Å²) in [6.45, 7) is 1.85. The number of aromatic nitrogens is 1. The summed E-state index contributed by atoms with van der Waals surface area (Å²) in [4.78, 5) is 30.0. The summed E-state index contributed by atoms with van der Waals surface area (Å²) in [7, 11) is 0. The Kier molecular flexibility index (Phi) is 6.41. The third-order valence-corrected chi connectivity index (χ3v) is 6.80. The van der Waals surface area contributed by atoms with Crippen LogP contribution in [0.25, 0.3) is 11.3 Å². The molecule has 1 unspecified atom stereocenters. The first-order valence-corrected chi connectivity index (χ1v) is 11.7. The van der Waals surface area contributed by atoms with Crippen molar-refractivity contribution in [2.45, 2.75) is 29.9 Å². The van der Waals surface area contributed by atoms with Crippen LogP contribution >= 0.6 is 34.7 Å². The maximum atomic E-state index is 12.6. The number of hydrogen-bond donors (Lipinski definition) is 2. The molecule has 1 atom stereocenters. The Morgan fingerprint density at radius 3 is 2.73 bits per heavy atom. The Hall–Kier alpha value is -2.35. The molecule has 154 valence electrons. The van der Waals surface area contributed by atoms with Gasteiger partial charge >= 0.3 is 0 Å². The minimum atomic E-state index is -0.327. The number of thioether (sulfide) groups is 1. The van der Waals surface area contributed by atoms with E-state index in [4.69, 9.17) is 11.6 Å². The van der Waals surface area contributed by atoms with E-state index in [2.05, 4.69) is 15.6 Å². The van der Waals surface area contributed by atoms with Gasteiger partial charge < -0.3 is 10.6 Å². The average molecular weight is 458 g/mol. The van der Waals surface area contributed by atoms with Crippen LogP contribution < -0.4 is 10.6 Å². The van der Waals surface area contributed by atoms with Crippen molar-refractivity contribution in [1.29, 1.82) is 0 Å². The third-order valence-electron chi connectivity index (χ3n) is 4.62. The molecule has 4 rings (SSSR count). The van der Waals surface area contributed by atoms with Crippen LogP contribution in [-0.4, -0.2) is 22.0 Å². The van der Waals surface area contributed by atoms with Crippen LogP contribution in [0.4, 0.5) is 10.8 Å². The molecular formula is C22H20ClN3O2S2. The fourth-order valence-corrected chi connectivity index (χ4v) is 4.70. The number of nitrogens with zero attached hydrogens (tertiary/aromatic N) is 1. The molecular weight excluding hydrogens is 438 g/mol. The van der Waals surface area contributed by atoms with Gasteiger partial charge in [0.1, 0.15) is 0 Å². The molecule has 0 bridgehead atoms. The average Bonchev–Trinajstić information content (AvgIpc) is 3.48. The summed E-state index contributed by atoms with van der Waals surface area (Å²) in [5.41, 5.74) is 2.33. The summed E-state index contributed by atoms with van der Waals surface area (Å²) in [5, 5.41) is 8.52. The molecule has 2 amide bonds. The zero-order chi connectivity index (χ0) is 21.1. The maximum Gasteiger partial charge on any atom is 0.239 e. The second-order valence-corrected chi connectivity index (χ2v) is 9.74. The van der Waals surface area contributed by atoms with E-state index < -0.39 is 0 Å². The number of nitrogens with one attached hydrogen (secondary N) is 2. The van der Waals surface area contributed by atoms with Crippen molar-refractivity contribution in [1.82, 2.24) is 4.98 Å². The molecule has 0 radical (unpaired) electrons. The predicted molar refractivity (Wildman–Crippen MR) is 124 cm³/mol. The quantitative estimate of drug-likeness (QED) is 0.431. The zero-order valence-corrected chi connectivity index (χ0v) is 18.6. The molecule has 1 aliphatic carbocycles. The highest BCUT2D eigenvalue weighted by atomic mass is 35.5. The summed E-state index contributed by atoms with van der Waals surface area (Å²) >= 11 is 9.03. The predicted octanol–water partition coefficient (Wildman–Crippen LogP) is 5.93. The lowest BCUT2D eigenvalue weighted by Gasteiger charge is -2.12. The Bertz CT molecular complexity index is 1080.